The van der Waals surface area contributed by atoms with Crippen LogP contribution in [0.25, 0.3) is 10.4 Å². The highest BCUT2D eigenvalue weighted by Gasteiger charge is 2.33. The lowest BCUT2D eigenvalue weighted by Gasteiger charge is -2.23. The number of ether oxygens (including phenoxy) is 2. The van der Waals surface area contributed by atoms with Crippen molar-refractivity contribution in [1.29, 1.82) is 0 Å². The van der Waals surface area contributed by atoms with Crippen LogP contribution in [0.5, 0.6) is 5.88 Å². The molecule has 6 amide bonds. The van der Waals surface area contributed by atoms with Crippen molar-refractivity contribution in [3.8, 4) is 16.3 Å². The molecule has 4 aromatic rings. The molecule has 0 aliphatic rings. The number of benzene rings is 2. The maximum Gasteiger partial charge on any atom is 0.415 e. The molecule has 2 aromatic heterocycles. The Kier molecular flexibility index (Phi) is 13.3. The number of urea groups is 2. The van der Waals surface area contributed by atoms with Crippen LogP contribution in [0, 0.1) is 11.6 Å². The fourth-order valence-electron chi connectivity index (χ4n) is 4.67. The van der Waals surface area contributed by atoms with E-state index < -0.39 is 47.8 Å². The van der Waals surface area contributed by atoms with Gasteiger partial charge in [0.2, 0.25) is 5.88 Å². The third-order valence-electron chi connectivity index (χ3n) is 6.88. The average molecular weight is 727 g/mol. The SMILES string of the molecule is CCCOC(=O)N(Cc1c(F)cccc1F)c1sc(-c2ccc(NC(=O)NC(=O)NOC)cc2)c(CN(C)C)c1C(=O)Nc1ccc(OC)nn1. The van der Waals surface area contributed by atoms with E-state index in [4.69, 9.17) is 9.47 Å². The van der Waals surface area contributed by atoms with Crippen molar-refractivity contribution >= 4 is 51.9 Å². The minimum Gasteiger partial charge on any atom is -0.480 e. The fraction of sp³-hybridized carbons (Fsp3) is 0.273. The van der Waals surface area contributed by atoms with Crippen molar-refractivity contribution in [2.75, 3.05) is 50.5 Å². The van der Waals surface area contributed by atoms with E-state index >= 15 is 8.78 Å². The maximum absolute atomic E-state index is 15.0. The van der Waals surface area contributed by atoms with E-state index in [9.17, 15) is 19.2 Å². The number of anilines is 3. The number of halogens is 2. The van der Waals surface area contributed by atoms with Crippen LogP contribution in [0.2, 0.25) is 0 Å². The summed E-state index contributed by atoms with van der Waals surface area (Å²) >= 11 is 1.03. The van der Waals surface area contributed by atoms with E-state index in [2.05, 4.69) is 25.7 Å². The molecule has 270 valence electrons. The van der Waals surface area contributed by atoms with E-state index in [1.165, 1.54) is 32.4 Å². The maximum atomic E-state index is 15.0. The number of carbonyl (C=O) groups excluding carboxylic acids is 4. The number of hydrogen-bond acceptors (Lipinski definition) is 11. The van der Waals surface area contributed by atoms with Crippen molar-refractivity contribution < 1.29 is 42.3 Å². The van der Waals surface area contributed by atoms with Crippen molar-refractivity contribution in [3.05, 3.63) is 82.9 Å². The number of carbonyl (C=O) groups is 4. The number of nitrogens with one attached hydrogen (secondary N) is 4. The Hall–Kier alpha value is -5.72. The first-order chi connectivity index (χ1) is 24.4. The van der Waals surface area contributed by atoms with Crippen LogP contribution in [0.15, 0.2) is 54.6 Å². The second-order valence-electron chi connectivity index (χ2n) is 10.9. The molecule has 0 fully saturated rings. The minimum atomic E-state index is -0.926. The molecule has 15 nitrogen and oxygen atoms in total. The van der Waals surface area contributed by atoms with Crippen LogP contribution in [0.3, 0.4) is 0 Å². The zero-order valence-corrected chi connectivity index (χ0v) is 29.2. The number of methoxy groups -OCH3 is 1. The van der Waals surface area contributed by atoms with Gasteiger partial charge < -0.3 is 25.0 Å². The van der Waals surface area contributed by atoms with Gasteiger partial charge in [-0.2, -0.15) is 0 Å². The number of thiophene rings is 1. The first-order valence-corrected chi connectivity index (χ1v) is 16.1. The standard InChI is InChI=1S/C33H36F2N8O7S/c1-6-16-50-33(47)43(18-21-23(34)8-7-9-24(21)35)30-27(29(44)37-25-14-15-26(48-4)40-39-25)22(17-42(2)3)28(51-30)19-10-12-20(13-11-19)36-31(45)38-32(46)41-49-5/h7-15H,6,16-18H2,1-5H3,(H,37,39,44)(H3,36,38,41,45,46). The number of amides is 6. The monoisotopic (exact) mass is 726 g/mol. The minimum absolute atomic E-state index is 0.00993. The van der Waals surface area contributed by atoms with Gasteiger partial charge in [-0.15, -0.1) is 21.5 Å². The summed E-state index contributed by atoms with van der Waals surface area (Å²) in [7, 11) is 6.19. The van der Waals surface area contributed by atoms with Crippen LogP contribution < -0.4 is 31.1 Å². The molecule has 0 bridgehead atoms. The van der Waals surface area contributed by atoms with Crippen LogP contribution in [0.4, 0.5) is 39.7 Å². The topological polar surface area (TPSA) is 176 Å². The molecular weight excluding hydrogens is 690 g/mol. The van der Waals surface area contributed by atoms with E-state index in [0.29, 0.717) is 28.1 Å². The molecule has 0 radical (unpaired) electrons. The van der Waals surface area contributed by atoms with Crippen molar-refractivity contribution in [1.82, 2.24) is 25.9 Å². The summed E-state index contributed by atoms with van der Waals surface area (Å²) in [5, 5.41) is 15.2. The molecule has 2 aromatic carbocycles. The zero-order chi connectivity index (χ0) is 37.1. The Labute approximate surface area is 295 Å². The second kappa shape index (κ2) is 17.8. The van der Waals surface area contributed by atoms with Crippen LogP contribution >= 0.6 is 11.3 Å². The average Bonchev–Trinajstić information content (AvgIpc) is 3.45. The summed E-state index contributed by atoms with van der Waals surface area (Å²) in [6, 6.07) is 11.1. The van der Waals surface area contributed by atoms with Gasteiger partial charge in [-0.3, -0.25) is 19.8 Å². The van der Waals surface area contributed by atoms with Crippen LogP contribution in [0.1, 0.15) is 34.8 Å². The fourth-order valence-corrected chi connectivity index (χ4v) is 5.97. The van der Waals surface area contributed by atoms with E-state index in [0.717, 1.165) is 28.4 Å². The molecule has 51 heavy (non-hydrogen) atoms. The molecule has 0 aliphatic heterocycles. The Morgan fingerprint density at radius 1 is 0.863 bits per heavy atom. The Morgan fingerprint density at radius 2 is 1.57 bits per heavy atom. The number of nitrogens with zero attached hydrogens (tertiary/aromatic N) is 4. The Bertz CT molecular complexity index is 1840. The van der Waals surface area contributed by atoms with Gasteiger partial charge in [0.1, 0.15) is 16.6 Å². The van der Waals surface area contributed by atoms with Gasteiger partial charge in [0.05, 0.1) is 32.9 Å². The van der Waals surface area contributed by atoms with Crippen molar-refractivity contribution in [2.24, 2.45) is 0 Å². The van der Waals surface area contributed by atoms with Gasteiger partial charge in [0.25, 0.3) is 5.91 Å². The number of imide groups is 1. The van der Waals surface area contributed by atoms with E-state index in [1.807, 2.05) is 10.8 Å². The molecule has 0 saturated carbocycles. The van der Waals surface area contributed by atoms with E-state index in [-0.39, 0.29) is 35.4 Å². The molecule has 0 spiro atoms. The highest BCUT2D eigenvalue weighted by Crippen LogP contribution is 2.44. The summed E-state index contributed by atoms with van der Waals surface area (Å²) < 4.78 is 40.6. The normalized spacial score (nSPS) is 10.7. The molecule has 0 unspecified atom stereocenters. The molecular formula is C33H36F2N8O7S. The second-order valence-corrected chi connectivity index (χ2v) is 11.9. The third kappa shape index (κ3) is 9.93. The number of aromatic nitrogens is 2. The molecule has 0 atom stereocenters. The highest BCUT2D eigenvalue weighted by molar-refractivity contribution is 7.20. The van der Waals surface area contributed by atoms with E-state index in [1.54, 1.807) is 50.2 Å². The molecule has 4 N–H and O–H groups in total. The number of hydroxylamine groups is 1. The van der Waals surface area contributed by atoms with Crippen LogP contribution in [-0.2, 0) is 22.7 Å². The van der Waals surface area contributed by atoms with Gasteiger partial charge in [0, 0.05) is 28.7 Å². The molecule has 2 heterocycles. The molecule has 0 saturated heterocycles. The van der Waals surface area contributed by atoms with Crippen molar-refractivity contribution in [3.63, 3.8) is 0 Å². The summed E-state index contributed by atoms with van der Waals surface area (Å²) in [6.45, 7) is 1.39. The lowest BCUT2D eigenvalue weighted by Crippen LogP contribution is -2.41. The summed E-state index contributed by atoms with van der Waals surface area (Å²) in [6.07, 6.45) is -0.459. The molecule has 0 aliphatic carbocycles. The summed E-state index contributed by atoms with van der Waals surface area (Å²) in [5.74, 6) is -2.18. The largest absolute Gasteiger partial charge is 0.480 e. The third-order valence-corrected chi connectivity index (χ3v) is 8.18. The first kappa shape index (κ1) is 38.1. The van der Waals surface area contributed by atoms with Crippen LogP contribution in [-0.4, -0.2) is 74.1 Å². The zero-order valence-electron chi connectivity index (χ0n) is 28.3. The van der Waals surface area contributed by atoms with Gasteiger partial charge in [-0.1, -0.05) is 25.1 Å². The summed E-state index contributed by atoms with van der Waals surface area (Å²) in [5.41, 5.74) is 2.95. The van der Waals surface area contributed by atoms with Gasteiger partial charge in [0.15, 0.2) is 5.82 Å². The predicted octanol–water partition coefficient (Wildman–Crippen LogP) is 5.75. The highest BCUT2D eigenvalue weighted by atomic mass is 32.1. The molecule has 4 rings (SSSR count). The lowest BCUT2D eigenvalue weighted by molar-refractivity contribution is 0.102. The molecule has 18 heteroatoms. The lowest BCUT2D eigenvalue weighted by atomic mass is 10.0. The van der Waals surface area contributed by atoms with Gasteiger partial charge in [-0.25, -0.2) is 28.6 Å². The van der Waals surface area contributed by atoms with Crippen molar-refractivity contribution in [2.45, 2.75) is 26.4 Å². The Morgan fingerprint density at radius 3 is 2.16 bits per heavy atom. The summed E-state index contributed by atoms with van der Waals surface area (Å²) in [4.78, 5) is 59.6. The quantitative estimate of drug-likeness (QED) is 0.124. The first-order valence-electron chi connectivity index (χ1n) is 15.3. The van der Waals surface area contributed by atoms with Gasteiger partial charge >= 0.3 is 18.2 Å². The Balaban J connectivity index is 1.87. The number of rotatable bonds is 13. The van der Waals surface area contributed by atoms with Gasteiger partial charge in [-0.05, 0) is 62.0 Å². The predicted molar refractivity (Wildman–Crippen MR) is 186 cm³/mol. The number of hydrogen-bond donors (Lipinski definition) is 4. The smallest absolute Gasteiger partial charge is 0.415 e.